The molecule has 0 spiro atoms. The molecule has 5 heteroatoms. The number of fused-ring (bicyclic) bond motifs is 1. The smallest absolute Gasteiger partial charge is 0.252 e. The van der Waals surface area contributed by atoms with Crippen molar-refractivity contribution in [2.45, 2.75) is 6.42 Å². The van der Waals surface area contributed by atoms with Crippen LogP contribution in [0, 0.1) is 0 Å². The fraction of sp³-hybridized carbons (Fsp3) is 0.211. The number of carbonyl (C=O) groups is 1. The molecule has 0 radical (unpaired) electrons. The number of aromatic nitrogens is 1. The topological polar surface area (TPSA) is 43.3 Å². The number of hydrogen-bond acceptors (Lipinski definition) is 2. The van der Waals surface area contributed by atoms with Crippen molar-refractivity contribution >= 4 is 32.7 Å². The first-order chi connectivity index (χ1) is 11.6. The molecule has 0 aliphatic carbocycles. The number of ether oxygens (including phenoxy) is 1. The van der Waals surface area contributed by atoms with E-state index in [2.05, 4.69) is 38.1 Å². The maximum Gasteiger partial charge on any atom is 0.252 e. The van der Waals surface area contributed by atoms with Crippen molar-refractivity contribution in [3.63, 3.8) is 0 Å². The van der Waals surface area contributed by atoms with Crippen LogP contribution in [-0.4, -0.2) is 24.1 Å². The van der Waals surface area contributed by atoms with Crippen LogP contribution in [0.4, 0.5) is 0 Å². The fourth-order valence-corrected chi connectivity index (χ4v) is 3.30. The number of methoxy groups -OCH3 is 1. The normalized spacial score (nSPS) is 10.8. The van der Waals surface area contributed by atoms with Gasteiger partial charge in [-0.25, -0.2) is 0 Å². The van der Waals surface area contributed by atoms with Gasteiger partial charge in [0, 0.05) is 35.2 Å². The molecule has 0 aliphatic heterocycles. The Balaban J connectivity index is 1.72. The van der Waals surface area contributed by atoms with E-state index in [9.17, 15) is 4.79 Å². The van der Waals surface area contributed by atoms with Crippen molar-refractivity contribution in [3.05, 3.63) is 64.3 Å². The molecule has 0 fully saturated rings. The summed E-state index contributed by atoms with van der Waals surface area (Å²) in [6, 6.07) is 13.5. The third-order valence-corrected chi connectivity index (χ3v) is 4.77. The number of aryl methyl sites for hydroxylation is 1. The van der Waals surface area contributed by atoms with Crippen LogP contribution in [-0.2, 0) is 13.5 Å². The van der Waals surface area contributed by atoms with Crippen molar-refractivity contribution in [3.8, 4) is 5.75 Å². The lowest BCUT2D eigenvalue weighted by Gasteiger charge is -2.07. The Bertz CT molecular complexity index is 886. The number of amides is 1. The van der Waals surface area contributed by atoms with Crippen LogP contribution in [0.2, 0.25) is 0 Å². The summed E-state index contributed by atoms with van der Waals surface area (Å²) in [5, 5.41) is 4.14. The maximum absolute atomic E-state index is 12.3. The van der Waals surface area contributed by atoms with Gasteiger partial charge >= 0.3 is 0 Å². The molecule has 0 aliphatic rings. The molecule has 1 N–H and O–H groups in total. The van der Waals surface area contributed by atoms with E-state index < -0.39 is 0 Å². The van der Waals surface area contributed by atoms with Crippen LogP contribution < -0.4 is 10.1 Å². The molecule has 4 nitrogen and oxygen atoms in total. The number of halogens is 1. The van der Waals surface area contributed by atoms with Gasteiger partial charge in [-0.05, 0) is 58.2 Å². The molecule has 24 heavy (non-hydrogen) atoms. The van der Waals surface area contributed by atoms with Gasteiger partial charge in [0.05, 0.1) is 12.7 Å². The predicted molar refractivity (Wildman–Crippen MR) is 99.7 cm³/mol. The highest BCUT2D eigenvalue weighted by molar-refractivity contribution is 9.10. The van der Waals surface area contributed by atoms with E-state index in [-0.39, 0.29) is 5.91 Å². The van der Waals surface area contributed by atoms with Gasteiger partial charge in [0.2, 0.25) is 0 Å². The van der Waals surface area contributed by atoms with Gasteiger partial charge < -0.3 is 14.6 Å². The van der Waals surface area contributed by atoms with Crippen LogP contribution >= 0.6 is 15.9 Å². The molecule has 0 bridgehead atoms. The van der Waals surface area contributed by atoms with Crippen molar-refractivity contribution < 1.29 is 9.53 Å². The lowest BCUT2D eigenvalue weighted by molar-refractivity contribution is 0.0953. The fourth-order valence-electron chi connectivity index (χ4n) is 2.83. The van der Waals surface area contributed by atoms with Gasteiger partial charge in [-0.1, -0.05) is 12.1 Å². The lowest BCUT2D eigenvalue weighted by atomic mass is 10.1. The van der Waals surface area contributed by atoms with Crippen LogP contribution in [0.3, 0.4) is 0 Å². The number of nitrogens with zero attached hydrogens (tertiary/aromatic N) is 1. The molecule has 0 unspecified atom stereocenters. The first-order valence-corrected chi connectivity index (χ1v) is 8.54. The summed E-state index contributed by atoms with van der Waals surface area (Å²) in [5.41, 5.74) is 3.00. The van der Waals surface area contributed by atoms with E-state index in [1.54, 1.807) is 7.11 Å². The molecule has 1 heterocycles. The summed E-state index contributed by atoms with van der Waals surface area (Å²) >= 11 is 3.41. The molecule has 3 aromatic rings. The number of benzene rings is 2. The van der Waals surface area contributed by atoms with Crippen molar-refractivity contribution in [1.29, 1.82) is 0 Å². The zero-order valence-corrected chi connectivity index (χ0v) is 15.3. The minimum atomic E-state index is -0.0692. The van der Waals surface area contributed by atoms with Crippen molar-refractivity contribution in [2.75, 3.05) is 13.7 Å². The Morgan fingerprint density at radius 2 is 2.04 bits per heavy atom. The van der Waals surface area contributed by atoms with Gasteiger partial charge in [-0.15, -0.1) is 0 Å². The first kappa shape index (κ1) is 16.6. The van der Waals surface area contributed by atoms with Crippen LogP contribution in [0.5, 0.6) is 5.75 Å². The number of rotatable bonds is 5. The molecule has 3 rings (SSSR count). The maximum atomic E-state index is 12.3. The first-order valence-electron chi connectivity index (χ1n) is 7.75. The Kier molecular flexibility index (Phi) is 4.90. The van der Waals surface area contributed by atoms with Gasteiger partial charge in [0.1, 0.15) is 5.75 Å². The molecule has 0 atom stereocenters. The quantitative estimate of drug-likeness (QED) is 0.721. The Morgan fingerprint density at radius 1 is 1.25 bits per heavy atom. The van der Waals surface area contributed by atoms with Gasteiger partial charge in [-0.3, -0.25) is 4.79 Å². The van der Waals surface area contributed by atoms with Crippen molar-refractivity contribution in [2.24, 2.45) is 7.05 Å². The van der Waals surface area contributed by atoms with E-state index in [0.29, 0.717) is 12.1 Å². The SMILES string of the molecule is COc1ccc2c(c1)c(CCNC(=O)c1ccccc1Br)cn2C. The third-order valence-electron chi connectivity index (χ3n) is 4.08. The number of hydrogen-bond donors (Lipinski definition) is 1. The monoisotopic (exact) mass is 386 g/mol. The van der Waals surface area contributed by atoms with E-state index in [1.165, 1.54) is 5.56 Å². The summed E-state index contributed by atoms with van der Waals surface area (Å²) in [6.45, 7) is 0.580. The van der Waals surface area contributed by atoms with E-state index >= 15 is 0 Å². The van der Waals surface area contributed by atoms with Gasteiger partial charge in [0.15, 0.2) is 0 Å². The minimum Gasteiger partial charge on any atom is -0.497 e. The third kappa shape index (κ3) is 3.31. The summed E-state index contributed by atoms with van der Waals surface area (Å²) in [7, 11) is 3.69. The predicted octanol–water partition coefficient (Wildman–Crippen LogP) is 3.92. The molecular formula is C19H19BrN2O2. The highest BCUT2D eigenvalue weighted by Crippen LogP contribution is 2.25. The van der Waals surface area contributed by atoms with E-state index in [0.717, 1.165) is 27.5 Å². The summed E-state index contributed by atoms with van der Waals surface area (Å²) < 4.78 is 8.22. The second-order valence-corrected chi connectivity index (χ2v) is 6.49. The molecule has 0 saturated heterocycles. The van der Waals surface area contributed by atoms with Gasteiger partial charge in [0.25, 0.3) is 5.91 Å². The van der Waals surface area contributed by atoms with Crippen LogP contribution in [0.15, 0.2) is 53.1 Å². The number of nitrogens with one attached hydrogen (secondary N) is 1. The summed E-state index contributed by atoms with van der Waals surface area (Å²) in [5.74, 6) is 0.771. The second-order valence-electron chi connectivity index (χ2n) is 5.63. The average molecular weight is 387 g/mol. The van der Waals surface area contributed by atoms with E-state index in [1.807, 2.05) is 43.4 Å². The van der Waals surface area contributed by atoms with E-state index in [4.69, 9.17) is 4.74 Å². The largest absolute Gasteiger partial charge is 0.497 e. The van der Waals surface area contributed by atoms with Crippen LogP contribution in [0.1, 0.15) is 15.9 Å². The van der Waals surface area contributed by atoms with Crippen LogP contribution in [0.25, 0.3) is 10.9 Å². The van der Waals surface area contributed by atoms with Gasteiger partial charge in [-0.2, -0.15) is 0 Å². The second kappa shape index (κ2) is 7.09. The summed E-state index contributed by atoms with van der Waals surface area (Å²) in [4.78, 5) is 12.3. The standard InChI is InChI=1S/C19H19BrN2O2/c1-22-12-13(16-11-14(24-2)7-8-18(16)22)9-10-21-19(23)15-5-3-4-6-17(15)20/h3-8,11-12H,9-10H2,1-2H3,(H,21,23). The Morgan fingerprint density at radius 3 is 2.79 bits per heavy atom. The molecule has 124 valence electrons. The van der Waals surface area contributed by atoms with Crippen molar-refractivity contribution in [1.82, 2.24) is 9.88 Å². The average Bonchev–Trinajstić information content (AvgIpc) is 2.90. The highest BCUT2D eigenvalue weighted by atomic mass is 79.9. The molecule has 1 amide bonds. The zero-order valence-electron chi connectivity index (χ0n) is 13.7. The minimum absolute atomic E-state index is 0.0692. The molecule has 1 aromatic heterocycles. The number of carbonyl (C=O) groups excluding carboxylic acids is 1. The lowest BCUT2D eigenvalue weighted by Crippen LogP contribution is -2.25. The summed E-state index contributed by atoms with van der Waals surface area (Å²) in [6.07, 6.45) is 2.87. The zero-order chi connectivity index (χ0) is 17.1. The molecular weight excluding hydrogens is 368 g/mol. The molecule has 2 aromatic carbocycles. The Labute approximate surface area is 149 Å². The Hall–Kier alpha value is -2.27. The highest BCUT2D eigenvalue weighted by Gasteiger charge is 2.11. The molecule has 0 saturated carbocycles.